The molecule has 1 aromatic carbocycles. The Hall–Kier alpha value is -1.92. The average molecular weight is 390 g/mol. The molecule has 6 nitrogen and oxygen atoms in total. The Morgan fingerprint density at radius 3 is 2.41 bits per heavy atom. The van der Waals surface area contributed by atoms with Gasteiger partial charge in [-0.3, -0.25) is 4.79 Å². The van der Waals surface area contributed by atoms with Crippen LogP contribution in [-0.2, 0) is 0 Å². The Morgan fingerprint density at radius 1 is 1.15 bits per heavy atom. The van der Waals surface area contributed by atoms with Gasteiger partial charge in [0.25, 0.3) is 5.91 Å². The highest BCUT2D eigenvalue weighted by Crippen LogP contribution is 2.39. The predicted octanol–water partition coefficient (Wildman–Crippen LogP) is 2.94. The molecule has 2 aliphatic carbocycles. The zero-order chi connectivity index (χ0) is 18.3. The first-order valence-electron chi connectivity index (χ1n) is 9.58. The number of fused-ring (bicyclic) bond motifs is 2. The number of aromatic nitrogens is 3. The van der Waals surface area contributed by atoms with Gasteiger partial charge in [-0.25, -0.2) is 4.68 Å². The monoisotopic (exact) mass is 389 g/mol. The van der Waals surface area contributed by atoms with Gasteiger partial charge in [0.15, 0.2) is 5.69 Å². The lowest BCUT2D eigenvalue weighted by Gasteiger charge is -2.45. The van der Waals surface area contributed by atoms with Crippen LogP contribution < -0.4 is 11.1 Å². The van der Waals surface area contributed by atoms with Gasteiger partial charge in [-0.15, -0.1) is 17.5 Å². The van der Waals surface area contributed by atoms with Gasteiger partial charge in [0, 0.05) is 12.1 Å². The Kier molecular flexibility index (Phi) is 5.86. The number of carbonyl (C=O) groups excluding carboxylic acids is 1. The van der Waals surface area contributed by atoms with E-state index in [0.717, 1.165) is 37.1 Å². The van der Waals surface area contributed by atoms with E-state index in [4.69, 9.17) is 5.73 Å². The second-order valence-corrected chi connectivity index (χ2v) is 7.95. The maximum absolute atomic E-state index is 12.9. The topological polar surface area (TPSA) is 85.8 Å². The molecule has 3 N–H and O–H groups in total. The van der Waals surface area contributed by atoms with Gasteiger partial charge < -0.3 is 11.1 Å². The van der Waals surface area contributed by atoms with Crippen molar-refractivity contribution in [2.45, 2.75) is 58.0 Å². The largest absolute Gasteiger partial charge is 0.347 e. The van der Waals surface area contributed by atoms with Crippen LogP contribution in [0.4, 0.5) is 0 Å². The highest BCUT2D eigenvalue weighted by atomic mass is 35.5. The van der Waals surface area contributed by atoms with Crippen LogP contribution in [0.25, 0.3) is 5.69 Å². The van der Waals surface area contributed by atoms with E-state index in [-0.39, 0.29) is 30.4 Å². The molecule has 4 rings (SSSR count). The van der Waals surface area contributed by atoms with Crippen molar-refractivity contribution >= 4 is 18.3 Å². The zero-order valence-corrected chi connectivity index (χ0v) is 16.7. The van der Waals surface area contributed by atoms with Crippen LogP contribution in [0.1, 0.15) is 53.8 Å². The van der Waals surface area contributed by atoms with Gasteiger partial charge in [0.2, 0.25) is 0 Å². The number of nitrogens with zero attached hydrogens (tertiary/aromatic N) is 3. The molecule has 2 atom stereocenters. The number of nitrogens with one attached hydrogen (secondary N) is 1. The van der Waals surface area contributed by atoms with Crippen LogP contribution >= 0.6 is 12.4 Å². The number of nitrogens with two attached hydrogens (primary N) is 1. The number of carbonyl (C=O) groups is 1. The van der Waals surface area contributed by atoms with Gasteiger partial charge in [-0.2, -0.15) is 0 Å². The van der Waals surface area contributed by atoms with Gasteiger partial charge in [0.05, 0.1) is 11.4 Å². The Labute approximate surface area is 166 Å². The highest BCUT2D eigenvalue weighted by Gasteiger charge is 2.40. The lowest BCUT2D eigenvalue weighted by Crippen LogP contribution is -2.53. The molecule has 1 aromatic heterocycles. The van der Waals surface area contributed by atoms with E-state index in [1.807, 2.05) is 38.1 Å². The first-order chi connectivity index (χ1) is 12.5. The van der Waals surface area contributed by atoms with Crippen molar-refractivity contribution in [1.29, 1.82) is 0 Å². The number of hydrogen-bond acceptors (Lipinski definition) is 4. The normalized spacial score (nSPS) is 26.9. The Morgan fingerprint density at radius 2 is 1.78 bits per heavy atom. The number of hydrogen-bond donors (Lipinski definition) is 2. The van der Waals surface area contributed by atoms with Gasteiger partial charge in [-0.1, -0.05) is 29.3 Å². The van der Waals surface area contributed by atoms with Crippen molar-refractivity contribution in [1.82, 2.24) is 20.3 Å². The number of aryl methyl sites for hydroxylation is 1. The quantitative estimate of drug-likeness (QED) is 0.845. The van der Waals surface area contributed by atoms with Crippen molar-refractivity contribution in [3.05, 3.63) is 41.2 Å². The summed E-state index contributed by atoms with van der Waals surface area (Å²) in [5.74, 6) is 0.876. The van der Waals surface area contributed by atoms with E-state index < -0.39 is 0 Å². The molecule has 2 saturated carbocycles. The van der Waals surface area contributed by atoms with E-state index >= 15 is 0 Å². The molecular formula is C20H28ClN5O. The molecule has 1 heterocycles. The van der Waals surface area contributed by atoms with E-state index in [0.29, 0.717) is 17.5 Å². The Bertz CT molecular complexity index is 789. The minimum atomic E-state index is -0.113. The summed E-state index contributed by atoms with van der Waals surface area (Å²) in [6, 6.07) is 8.55. The van der Waals surface area contributed by atoms with E-state index in [1.54, 1.807) is 4.68 Å². The number of benzene rings is 1. The summed E-state index contributed by atoms with van der Waals surface area (Å²) in [6.45, 7) is 3.94. The molecule has 0 aliphatic heterocycles. The number of rotatable bonds is 3. The lowest BCUT2D eigenvalue weighted by atomic mass is 9.67. The summed E-state index contributed by atoms with van der Waals surface area (Å²) in [5, 5.41) is 11.6. The van der Waals surface area contributed by atoms with Gasteiger partial charge >= 0.3 is 0 Å². The van der Waals surface area contributed by atoms with Crippen molar-refractivity contribution < 1.29 is 4.79 Å². The fourth-order valence-corrected chi connectivity index (χ4v) is 4.71. The first kappa shape index (κ1) is 19.8. The molecule has 2 aromatic rings. The molecule has 2 aliphatic rings. The molecule has 2 fully saturated rings. The Balaban J connectivity index is 0.00000210. The maximum atomic E-state index is 12.9. The lowest BCUT2D eigenvalue weighted by molar-refractivity contribution is 0.0751. The van der Waals surface area contributed by atoms with Crippen molar-refractivity contribution in [3.63, 3.8) is 0 Å². The molecule has 2 unspecified atom stereocenters. The highest BCUT2D eigenvalue weighted by molar-refractivity contribution is 5.93. The van der Waals surface area contributed by atoms with Crippen LogP contribution in [0.15, 0.2) is 24.3 Å². The first-order valence-corrected chi connectivity index (χ1v) is 9.58. The van der Waals surface area contributed by atoms with Crippen molar-refractivity contribution in [2.75, 3.05) is 0 Å². The third-order valence-electron chi connectivity index (χ3n) is 6.06. The van der Waals surface area contributed by atoms with E-state index in [1.165, 1.54) is 12.0 Å². The fourth-order valence-electron chi connectivity index (χ4n) is 4.71. The molecule has 0 radical (unpaired) electrons. The van der Waals surface area contributed by atoms with E-state index in [2.05, 4.69) is 15.6 Å². The summed E-state index contributed by atoms with van der Waals surface area (Å²) >= 11 is 0. The fraction of sp³-hybridized carbons (Fsp3) is 0.550. The molecule has 1 amide bonds. The predicted molar refractivity (Wildman–Crippen MR) is 107 cm³/mol. The van der Waals surface area contributed by atoms with Crippen molar-refractivity contribution in [2.24, 2.45) is 17.6 Å². The van der Waals surface area contributed by atoms with Crippen LogP contribution in [0.2, 0.25) is 0 Å². The zero-order valence-electron chi connectivity index (χ0n) is 15.9. The summed E-state index contributed by atoms with van der Waals surface area (Å²) in [6.07, 6.45) is 5.58. The van der Waals surface area contributed by atoms with Crippen LogP contribution in [0.5, 0.6) is 0 Å². The SMILES string of the molecule is Cc1ccc(-n2nnc(C(=O)NC3C4CCCC3CC(N)C4)c2C)cc1.Cl. The van der Waals surface area contributed by atoms with E-state index in [9.17, 15) is 4.79 Å². The standard InChI is InChI=1S/C20H27N5O.ClH/c1-12-6-8-17(9-7-12)25-13(2)18(23-24-25)20(26)22-19-14-4-3-5-15(19)11-16(21)10-14;/h6-9,14-16,19H,3-5,10-11,21H2,1-2H3,(H,22,26);1H. The van der Waals surface area contributed by atoms with Gasteiger partial charge in [-0.05, 0) is 63.5 Å². The summed E-state index contributed by atoms with van der Waals surface area (Å²) in [7, 11) is 0. The number of amides is 1. The second kappa shape index (κ2) is 7.98. The molecule has 2 bridgehead atoms. The smallest absolute Gasteiger partial charge is 0.274 e. The molecule has 27 heavy (non-hydrogen) atoms. The molecule has 7 heteroatoms. The maximum Gasteiger partial charge on any atom is 0.274 e. The van der Waals surface area contributed by atoms with Crippen LogP contribution in [0, 0.1) is 25.7 Å². The third kappa shape index (κ3) is 3.87. The summed E-state index contributed by atoms with van der Waals surface area (Å²) in [5.41, 5.74) is 9.48. The summed E-state index contributed by atoms with van der Waals surface area (Å²) < 4.78 is 1.73. The second-order valence-electron chi connectivity index (χ2n) is 7.95. The van der Waals surface area contributed by atoms with Crippen molar-refractivity contribution in [3.8, 4) is 5.69 Å². The molecule has 0 spiro atoms. The molecule has 0 saturated heterocycles. The van der Waals surface area contributed by atoms with Crippen LogP contribution in [-0.4, -0.2) is 33.0 Å². The minimum absolute atomic E-state index is 0. The third-order valence-corrected chi connectivity index (χ3v) is 6.06. The minimum Gasteiger partial charge on any atom is -0.347 e. The molecular weight excluding hydrogens is 362 g/mol. The summed E-state index contributed by atoms with van der Waals surface area (Å²) in [4.78, 5) is 12.9. The molecule has 146 valence electrons. The average Bonchev–Trinajstić information content (AvgIpc) is 2.98. The van der Waals surface area contributed by atoms with Crippen LogP contribution in [0.3, 0.4) is 0 Å². The number of halogens is 1. The van der Waals surface area contributed by atoms with Gasteiger partial charge in [0.1, 0.15) is 0 Å².